The summed E-state index contributed by atoms with van der Waals surface area (Å²) in [6.45, 7) is 5.99. The highest BCUT2D eigenvalue weighted by Gasteiger charge is 2.26. The number of aromatic nitrogens is 4. The zero-order valence-electron chi connectivity index (χ0n) is 11.6. The van der Waals surface area contributed by atoms with Gasteiger partial charge in [-0.05, 0) is 36.8 Å². The third-order valence-electron chi connectivity index (χ3n) is 2.66. The highest BCUT2D eigenvalue weighted by atomic mass is 32.2. The molecule has 1 heterocycles. The fraction of sp³-hybridized carbons (Fsp3) is 0.385. The zero-order valence-corrected chi connectivity index (χ0v) is 12.5. The second kappa shape index (κ2) is 5.62. The van der Waals surface area contributed by atoms with Crippen LogP contribution in [0.1, 0.15) is 31.6 Å². The summed E-state index contributed by atoms with van der Waals surface area (Å²) in [6, 6.07) is 9.38. The van der Waals surface area contributed by atoms with Crippen LogP contribution >= 0.6 is 11.8 Å². The van der Waals surface area contributed by atoms with Crippen LogP contribution in [0.2, 0.25) is 0 Å². The van der Waals surface area contributed by atoms with Crippen LogP contribution in [-0.4, -0.2) is 26.1 Å². The predicted molar refractivity (Wildman–Crippen MR) is 77.0 cm³/mol. The molecule has 1 atom stereocenters. The molecule has 2 aromatic rings. The molecular weight excluding hydrogens is 274 g/mol. The predicted octanol–water partition coefficient (Wildman–Crippen LogP) is 1.75. The van der Waals surface area contributed by atoms with Crippen molar-refractivity contribution in [2.24, 2.45) is 5.73 Å². The molecule has 1 aromatic carbocycles. The molecule has 1 unspecified atom stereocenters. The first-order chi connectivity index (χ1) is 9.39. The maximum Gasteiger partial charge on any atom is 0.235 e. The monoisotopic (exact) mass is 291 g/mol. The molecule has 7 heteroatoms. The summed E-state index contributed by atoms with van der Waals surface area (Å²) in [7, 11) is 0. The van der Waals surface area contributed by atoms with E-state index in [1.54, 1.807) is 4.68 Å². The zero-order chi connectivity index (χ0) is 14.8. The molecule has 2 rings (SSSR count). The largest absolute Gasteiger partial charge is 0.368 e. The van der Waals surface area contributed by atoms with Crippen LogP contribution in [-0.2, 0) is 10.3 Å². The lowest BCUT2D eigenvalue weighted by Crippen LogP contribution is -2.25. The molecule has 0 spiro atoms. The molecule has 6 nitrogen and oxygen atoms in total. The van der Waals surface area contributed by atoms with Crippen molar-refractivity contribution in [2.45, 2.75) is 36.7 Å². The first-order valence-electron chi connectivity index (χ1n) is 6.19. The maximum absolute atomic E-state index is 11.7. The van der Waals surface area contributed by atoms with Crippen molar-refractivity contribution in [3.8, 4) is 0 Å². The van der Waals surface area contributed by atoms with Gasteiger partial charge in [0.15, 0.2) is 0 Å². The van der Waals surface area contributed by atoms with Gasteiger partial charge in [0.25, 0.3) is 0 Å². The van der Waals surface area contributed by atoms with E-state index in [9.17, 15) is 4.79 Å². The van der Waals surface area contributed by atoms with Crippen LogP contribution in [0.25, 0.3) is 0 Å². The van der Waals surface area contributed by atoms with Crippen molar-refractivity contribution in [1.29, 1.82) is 0 Å². The Morgan fingerprint density at radius 1 is 1.30 bits per heavy atom. The minimum atomic E-state index is -0.511. The van der Waals surface area contributed by atoms with Gasteiger partial charge < -0.3 is 5.73 Å². The lowest BCUT2D eigenvalue weighted by molar-refractivity contribution is -0.117. The second-order valence-corrected chi connectivity index (χ2v) is 6.43. The molecule has 2 N–H and O–H groups in total. The van der Waals surface area contributed by atoms with Crippen molar-refractivity contribution >= 4 is 17.7 Å². The number of tetrazole rings is 1. The van der Waals surface area contributed by atoms with Gasteiger partial charge in [-0.15, -0.1) is 5.10 Å². The summed E-state index contributed by atoms with van der Waals surface area (Å²) in [4.78, 5) is 11.7. The first kappa shape index (κ1) is 14.5. The topological polar surface area (TPSA) is 86.7 Å². The van der Waals surface area contributed by atoms with Crippen LogP contribution in [0.3, 0.4) is 0 Å². The fourth-order valence-electron chi connectivity index (χ4n) is 1.70. The number of hydrogen-bond acceptors (Lipinski definition) is 5. The number of carbonyl (C=O) groups is 1. The number of nitrogens with two attached hydrogens (primary N) is 1. The minimum Gasteiger partial charge on any atom is -0.368 e. The number of amides is 1. The molecule has 0 aliphatic carbocycles. The van der Waals surface area contributed by atoms with Crippen LogP contribution < -0.4 is 5.73 Å². The van der Waals surface area contributed by atoms with E-state index >= 15 is 0 Å². The molecular formula is C13H17N5OS. The van der Waals surface area contributed by atoms with Crippen LogP contribution in [0.4, 0.5) is 0 Å². The first-order valence-corrected chi connectivity index (χ1v) is 7.07. The Labute approximate surface area is 121 Å². The van der Waals surface area contributed by atoms with Crippen molar-refractivity contribution in [1.82, 2.24) is 20.2 Å². The van der Waals surface area contributed by atoms with Gasteiger partial charge in [0, 0.05) is 0 Å². The van der Waals surface area contributed by atoms with Gasteiger partial charge in [-0.1, -0.05) is 42.1 Å². The standard InChI is InChI=1S/C13H17N5OS/c1-13(2,3)18-12(15-16-17-18)20-10(11(14)19)9-7-5-4-6-8-9/h4-8,10H,1-3H3,(H2,14,19). The summed E-state index contributed by atoms with van der Waals surface area (Å²) in [5.74, 6) is -0.412. The quantitative estimate of drug-likeness (QED) is 0.867. The number of rotatable bonds is 4. The highest BCUT2D eigenvalue weighted by molar-refractivity contribution is 8.00. The summed E-state index contributed by atoms with van der Waals surface area (Å²) >= 11 is 1.26. The van der Waals surface area contributed by atoms with E-state index in [0.29, 0.717) is 5.16 Å². The molecule has 20 heavy (non-hydrogen) atoms. The molecule has 0 aliphatic heterocycles. The lowest BCUT2D eigenvalue weighted by atomic mass is 10.1. The SMILES string of the molecule is CC(C)(C)n1nnnc1SC(C(N)=O)c1ccccc1. The Morgan fingerprint density at radius 2 is 1.95 bits per heavy atom. The van der Waals surface area contributed by atoms with Crippen LogP contribution in [0, 0.1) is 0 Å². The maximum atomic E-state index is 11.7. The summed E-state index contributed by atoms with van der Waals surface area (Å²) in [5.41, 5.74) is 6.09. The van der Waals surface area contributed by atoms with E-state index in [1.165, 1.54) is 11.8 Å². The van der Waals surface area contributed by atoms with E-state index in [4.69, 9.17) is 5.73 Å². The lowest BCUT2D eigenvalue weighted by Gasteiger charge is -2.21. The fourth-order valence-corrected chi connectivity index (χ4v) is 2.81. The Kier molecular flexibility index (Phi) is 4.08. The highest BCUT2D eigenvalue weighted by Crippen LogP contribution is 2.34. The van der Waals surface area contributed by atoms with Gasteiger partial charge >= 0.3 is 0 Å². The number of thioether (sulfide) groups is 1. The van der Waals surface area contributed by atoms with E-state index in [1.807, 2.05) is 51.1 Å². The number of carbonyl (C=O) groups excluding carboxylic acids is 1. The molecule has 0 radical (unpaired) electrons. The van der Waals surface area contributed by atoms with Crippen molar-refractivity contribution in [3.05, 3.63) is 35.9 Å². The Hall–Kier alpha value is -1.89. The second-order valence-electron chi connectivity index (χ2n) is 5.36. The van der Waals surface area contributed by atoms with Crippen molar-refractivity contribution in [3.63, 3.8) is 0 Å². The molecule has 1 aromatic heterocycles. The summed E-state index contributed by atoms with van der Waals surface area (Å²) in [5, 5.41) is 11.7. The Bertz CT molecular complexity index is 590. The Balaban J connectivity index is 2.31. The van der Waals surface area contributed by atoms with E-state index in [0.717, 1.165) is 5.56 Å². The van der Waals surface area contributed by atoms with Gasteiger partial charge in [-0.3, -0.25) is 4.79 Å². The van der Waals surface area contributed by atoms with E-state index in [-0.39, 0.29) is 5.54 Å². The van der Waals surface area contributed by atoms with E-state index in [2.05, 4.69) is 15.5 Å². The normalized spacial score (nSPS) is 13.2. The molecule has 106 valence electrons. The third-order valence-corrected chi connectivity index (χ3v) is 3.87. The summed E-state index contributed by atoms with van der Waals surface area (Å²) in [6.07, 6.45) is 0. The smallest absolute Gasteiger partial charge is 0.235 e. The van der Waals surface area contributed by atoms with Crippen LogP contribution in [0.5, 0.6) is 0 Å². The molecule has 0 bridgehead atoms. The molecule has 1 amide bonds. The van der Waals surface area contributed by atoms with E-state index < -0.39 is 11.2 Å². The molecule has 0 aliphatic rings. The minimum absolute atomic E-state index is 0.259. The third kappa shape index (κ3) is 3.16. The molecule has 0 saturated heterocycles. The van der Waals surface area contributed by atoms with Crippen LogP contribution in [0.15, 0.2) is 35.5 Å². The number of nitrogens with zero attached hydrogens (tertiary/aromatic N) is 4. The van der Waals surface area contributed by atoms with Gasteiger partial charge in [0.05, 0.1) is 5.54 Å². The Morgan fingerprint density at radius 3 is 2.50 bits per heavy atom. The average molecular weight is 291 g/mol. The summed E-state index contributed by atoms with van der Waals surface area (Å²) < 4.78 is 1.69. The van der Waals surface area contributed by atoms with Gasteiger partial charge in [-0.25, -0.2) is 4.68 Å². The van der Waals surface area contributed by atoms with Crippen molar-refractivity contribution in [2.75, 3.05) is 0 Å². The number of benzene rings is 1. The number of primary amides is 1. The molecule has 0 fully saturated rings. The average Bonchev–Trinajstić information content (AvgIpc) is 2.84. The van der Waals surface area contributed by atoms with Gasteiger partial charge in [0.2, 0.25) is 11.1 Å². The van der Waals surface area contributed by atoms with Gasteiger partial charge in [0.1, 0.15) is 5.25 Å². The van der Waals surface area contributed by atoms with Gasteiger partial charge in [-0.2, -0.15) is 0 Å². The molecule has 0 saturated carbocycles. The number of hydrogen-bond donors (Lipinski definition) is 1. The van der Waals surface area contributed by atoms with Crippen molar-refractivity contribution < 1.29 is 4.79 Å².